The number of carbonyl (C=O) groups is 1. The molecule has 0 unspecified atom stereocenters. The Hall–Kier alpha value is -2.21. The first-order valence-electron chi connectivity index (χ1n) is 8.72. The van der Waals surface area contributed by atoms with Crippen molar-refractivity contribution >= 4 is 27.5 Å². The van der Waals surface area contributed by atoms with E-state index >= 15 is 0 Å². The molecule has 0 aliphatic rings. The molecule has 1 N–H and O–H groups in total. The molecule has 0 aliphatic carbocycles. The van der Waals surface area contributed by atoms with Gasteiger partial charge < -0.3 is 19.5 Å². The number of hydrogen-bond acceptors (Lipinski definition) is 4. The second-order valence-electron chi connectivity index (χ2n) is 5.48. The van der Waals surface area contributed by atoms with Crippen molar-refractivity contribution in [2.75, 3.05) is 25.1 Å². The number of nitrogens with one attached hydrogen (secondary N) is 1. The lowest BCUT2D eigenvalue weighted by molar-refractivity contribution is 0.102. The van der Waals surface area contributed by atoms with Crippen LogP contribution in [0.5, 0.6) is 17.2 Å². The van der Waals surface area contributed by atoms with E-state index in [-0.39, 0.29) is 5.91 Å². The first-order chi connectivity index (χ1) is 12.6. The van der Waals surface area contributed by atoms with E-state index in [1.165, 1.54) is 0 Å². The number of amides is 1. The van der Waals surface area contributed by atoms with E-state index in [4.69, 9.17) is 14.2 Å². The number of halogens is 1. The molecule has 5 nitrogen and oxygen atoms in total. The lowest BCUT2D eigenvalue weighted by atomic mass is 10.1. The molecule has 2 rings (SSSR count). The molecule has 1 amide bonds. The molecule has 0 atom stereocenters. The highest BCUT2D eigenvalue weighted by molar-refractivity contribution is 9.10. The maximum absolute atomic E-state index is 12.6. The molecule has 0 radical (unpaired) electrons. The van der Waals surface area contributed by atoms with Crippen LogP contribution < -0.4 is 19.5 Å². The molecule has 2 aromatic rings. The third-order valence-electron chi connectivity index (χ3n) is 3.45. The van der Waals surface area contributed by atoms with E-state index in [9.17, 15) is 4.79 Å². The predicted octanol–water partition coefficient (Wildman–Crippen LogP) is 5.29. The molecule has 0 aromatic heterocycles. The van der Waals surface area contributed by atoms with Crippen molar-refractivity contribution in [2.45, 2.75) is 27.2 Å². The normalized spacial score (nSPS) is 10.3. The zero-order chi connectivity index (χ0) is 18.9. The van der Waals surface area contributed by atoms with Gasteiger partial charge in [0.25, 0.3) is 5.91 Å². The summed E-state index contributed by atoms with van der Waals surface area (Å²) in [5.41, 5.74) is 1.18. The van der Waals surface area contributed by atoms with Crippen LogP contribution in [0.15, 0.2) is 40.9 Å². The van der Waals surface area contributed by atoms with Crippen molar-refractivity contribution < 1.29 is 19.0 Å². The Morgan fingerprint density at radius 2 is 1.69 bits per heavy atom. The summed E-state index contributed by atoms with van der Waals surface area (Å²) in [6.45, 7) is 7.52. The summed E-state index contributed by atoms with van der Waals surface area (Å²) >= 11 is 3.48. The lowest BCUT2D eigenvalue weighted by Gasteiger charge is -2.15. The third kappa shape index (κ3) is 5.39. The van der Waals surface area contributed by atoms with E-state index in [1.807, 2.05) is 32.9 Å². The fraction of sp³-hybridized carbons (Fsp3) is 0.350. The summed E-state index contributed by atoms with van der Waals surface area (Å²) in [5.74, 6) is 1.71. The van der Waals surface area contributed by atoms with E-state index in [0.717, 1.165) is 12.2 Å². The zero-order valence-electron chi connectivity index (χ0n) is 15.3. The zero-order valence-corrected chi connectivity index (χ0v) is 16.9. The fourth-order valence-electron chi connectivity index (χ4n) is 2.31. The van der Waals surface area contributed by atoms with Gasteiger partial charge in [-0.2, -0.15) is 0 Å². The van der Waals surface area contributed by atoms with Crippen LogP contribution in [-0.2, 0) is 0 Å². The summed E-state index contributed by atoms with van der Waals surface area (Å²) in [6.07, 6.45) is 0.887. The Bertz CT molecular complexity index is 731. The van der Waals surface area contributed by atoms with Crippen LogP contribution in [-0.4, -0.2) is 25.7 Å². The highest BCUT2D eigenvalue weighted by Crippen LogP contribution is 2.37. The van der Waals surface area contributed by atoms with Crippen molar-refractivity contribution in [1.29, 1.82) is 0 Å². The molecular formula is C20H24BrNO4. The van der Waals surface area contributed by atoms with Crippen molar-refractivity contribution in [3.63, 3.8) is 0 Å². The molecular weight excluding hydrogens is 398 g/mol. The molecule has 140 valence electrons. The first-order valence-corrected chi connectivity index (χ1v) is 9.51. The first kappa shape index (κ1) is 20.1. The molecule has 0 spiro atoms. The van der Waals surface area contributed by atoms with Gasteiger partial charge >= 0.3 is 0 Å². The molecule has 2 aromatic carbocycles. The Morgan fingerprint density at radius 3 is 2.31 bits per heavy atom. The molecule has 0 aliphatic heterocycles. The van der Waals surface area contributed by atoms with Crippen LogP contribution in [0.4, 0.5) is 5.69 Å². The van der Waals surface area contributed by atoms with Gasteiger partial charge in [0.1, 0.15) is 5.75 Å². The topological polar surface area (TPSA) is 56.8 Å². The molecule has 0 saturated carbocycles. The Labute approximate surface area is 162 Å². The minimum Gasteiger partial charge on any atom is -0.494 e. The number of ether oxygens (including phenoxy) is 3. The number of benzene rings is 2. The summed E-state index contributed by atoms with van der Waals surface area (Å²) in [5, 5.41) is 2.88. The van der Waals surface area contributed by atoms with E-state index in [1.54, 1.807) is 24.3 Å². The Balaban J connectivity index is 2.19. The van der Waals surface area contributed by atoms with Crippen molar-refractivity contribution in [1.82, 2.24) is 0 Å². The van der Waals surface area contributed by atoms with E-state index in [0.29, 0.717) is 47.0 Å². The van der Waals surface area contributed by atoms with Gasteiger partial charge in [0.2, 0.25) is 0 Å². The molecule has 0 saturated heterocycles. The van der Waals surface area contributed by atoms with E-state index < -0.39 is 0 Å². The van der Waals surface area contributed by atoms with Gasteiger partial charge in [0.05, 0.1) is 24.3 Å². The maximum atomic E-state index is 12.6. The Kier molecular flexibility index (Phi) is 7.78. The summed E-state index contributed by atoms with van der Waals surface area (Å²) in [4.78, 5) is 12.6. The van der Waals surface area contributed by atoms with Gasteiger partial charge in [-0.05, 0) is 72.6 Å². The summed E-state index contributed by atoms with van der Waals surface area (Å²) in [6, 6.07) is 10.7. The number of anilines is 1. The van der Waals surface area contributed by atoms with Crippen LogP contribution >= 0.6 is 15.9 Å². The average molecular weight is 422 g/mol. The van der Waals surface area contributed by atoms with Crippen molar-refractivity contribution in [3.05, 3.63) is 46.4 Å². The van der Waals surface area contributed by atoms with Crippen molar-refractivity contribution in [3.8, 4) is 17.2 Å². The lowest BCUT2D eigenvalue weighted by Crippen LogP contribution is -2.13. The second kappa shape index (κ2) is 10.1. The fourth-order valence-corrected chi connectivity index (χ4v) is 2.87. The summed E-state index contributed by atoms with van der Waals surface area (Å²) < 4.78 is 17.5. The smallest absolute Gasteiger partial charge is 0.255 e. The van der Waals surface area contributed by atoms with Crippen LogP contribution in [0, 0.1) is 0 Å². The minimum atomic E-state index is -0.224. The Morgan fingerprint density at radius 1 is 1.00 bits per heavy atom. The highest BCUT2D eigenvalue weighted by Gasteiger charge is 2.16. The predicted molar refractivity (Wildman–Crippen MR) is 107 cm³/mol. The number of rotatable bonds is 9. The van der Waals surface area contributed by atoms with Gasteiger partial charge in [-0.3, -0.25) is 4.79 Å². The average Bonchev–Trinajstić information content (AvgIpc) is 2.63. The highest BCUT2D eigenvalue weighted by atomic mass is 79.9. The van der Waals surface area contributed by atoms with Crippen LogP contribution in [0.2, 0.25) is 0 Å². The molecule has 0 fully saturated rings. The summed E-state index contributed by atoms with van der Waals surface area (Å²) in [7, 11) is 0. The van der Waals surface area contributed by atoms with Crippen LogP contribution in [0.3, 0.4) is 0 Å². The number of carbonyl (C=O) groups excluding carboxylic acids is 1. The van der Waals surface area contributed by atoms with Gasteiger partial charge in [-0.15, -0.1) is 0 Å². The minimum absolute atomic E-state index is 0.224. The molecule has 26 heavy (non-hydrogen) atoms. The van der Waals surface area contributed by atoms with Crippen LogP contribution in [0.25, 0.3) is 0 Å². The van der Waals surface area contributed by atoms with Gasteiger partial charge in [0.15, 0.2) is 11.5 Å². The van der Waals surface area contributed by atoms with Crippen molar-refractivity contribution in [2.24, 2.45) is 0 Å². The maximum Gasteiger partial charge on any atom is 0.255 e. The monoisotopic (exact) mass is 421 g/mol. The standard InChI is InChI=1S/C20H24BrNO4/c1-4-11-26-19-17(21)12-14(13-18(19)25-6-3)20(23)22-15-7-9-16(10-8-15)24-5-2/h7-10,12-13H,4-6,11H2,1-3H3,(H,22,23). The van der Waals surface area contributed by atoms with E-state index in [2.05, 4.69) is 21.2 Å². The molecule has 6 heteroatoms. The van der Waals surface area contributed by atoms with Gasteiger partial charge in [-0.25, -0.2) is 0 Å². The quantitative estimate of drug-likeness (QED) is 0.597. The second-order valence-corrected chi connectivity index (χ2v) is 6.33. The number of hydrogen-bond donors (Lipinski definition) is 1. The van der Waals surface area contributed by atoms with Crippen LogP contribution in [0.1, 0.15) is 37.6 Å². The largest absolute Gasteiger partial charge is 0.494 e. The van der Waals surface area contributed by atoms with Gasteiger partial charge in [0, 0.05) is 11.3 Å². The molecule has 0 heterocycles. The third-order valence-corrected chi connectivity index (χ3v) is 4.03. The SMILES string of the molecule is CCCOc1c(Br)cc(C(=O)Nc2ccc(OCC)cc2)cc1OCC. The molecule has 0 bridgehead atoms. The van der Waals surface area contributed by atoms with Gasteiger partial charge in [-0.1, -0.05) is 6.92 Å².